The Balaban J connectivity index is 1.39. The van der Waals surface area contributed by atoms with Crippen molar-refractivity contribution in [2.24, 2.45) is 29.6 Å². The van der Waals surface area contributed by atoms with Crippen molar-refractivity contribution in [1.82, 2.24) is 0 Å². The molecule has 3 fully saturated rings. The zero-order chi connectivity index (χ0) is 17.9. The zero-order valence-electron chi connectivity index (χ0n) is 15.7. The maximum Gasteiger partial charge on any atom is 0.522 e. The first kappa shape index (κ1) is 19.5. The smallest absolute Gasteiger partial charge is 0.289 e. The molecule has 25 heavy (non-hydrogen) atoms. The molecule has 0 bridgehead atoms. The highest BCUT2D eigenvalue weighted by Gasteiger charge is 2.38. The zero-order valence-corrected chi connectivity index (χ0v) is 15.7. The molecule has 0 N–H and O–H groups in total. The van der Waals surface area contributed by atoms with Gasteiger partial charge >= 0.3 is 6.36 Å². The maximum atomic E-state index is 12.3. The third-order valence-electron chi connectivity index (χ3n) is 7.47. The minimum atomic E-state index is -4.47. The van der Waals surface area contributed by atoms with Gasteiger partial charge in [0, 0.05) is 0 Å². The lowest BCUT2D eigenvalue weighted by molar-refractivity contribution is -0.346. The van der Waals surface area contributed by atoms with E-state index in [-0.39, 0.29) is 0 Å². The predicted octanol–water partition coefficient (Wildman–Crippen LogP) is 7.10. The lowest BCUT2D eigenvalue weighted by Gasteiger charge is -2.39. The average Bonchev–Trinajstić information content (AvgIpc) is 2.79. The summed E-state index contributed by atoms with van der Waals surface area (Å²) in [6.45, 7) is 2.40. The Morgan fingerprint density at radius 2 is 1.04 bits per heavy atom. The summed E-state index contributed by atoms with van der Waals surface area (Å²) in [4.78, 5) is 0. The molecule has 0 aromatic carbocycles. The fourth-order valence-electron chi connectivity index (χ4n) is 5.94. The monoisotopic (exact) mass is 360 g/mol. The van der Waals surface area contributed by atoms with Crippen molar-refractivity contribution in [3.05, 3.63) is 0 Å². The fourth-order valence-corrected chi connectivity index (χ4v) is 5.94. The van der Waals surface area contributed by atoms with Gasteiger partial charge in [-0.1, -0.05) is 32.6 Å². The Kier molecular flexibility index (Phi) is 6.73. The van der Waals surface area contributed by atoms with Gasteiger partial charge in [-0.2, -0.15) is 0 Å². The van der Waals surface area contributed by atoms with Gasteiger partial charge in [-0.25, -0.2) is 0 Å². The van der Waals surface area contributed by atoms with E-state index in [2.05, 4.69) is 11.7 Å². The lowest BCUT2D eigenvalue weighted by Crippen LogP contribution is -2.32. The first-order chi connectivity index (χ1) is 11.9. The van der Waals surface area contributed by atoms with Crippen LogP contribution in [-0.4, -0.2) is 12.5 Å². The highest BCUT2D eigenvalue weighted by Crippen LogP contribution is 2.45. The van der Waals surface area contributed by atoms with Crippen LogP contribution in [0.2, 0.25) is 0 Å². The van der Waals surface area contributed by atoms with Crippen LogP contribution < -0.4 is 0 Å². The number of hydrogen-bond acceptors (Lipinski definition) is 1. The van der Waals surface area contributed by atoms with Crippen LogP contribution in [-0.2, 0) is 4.74 Å². The fraction of sp³-hybridized carbons (Fsp3) is 1.00. The summed E-state index contributed by atoms with van der Waals surface area (Å²) >= 11 is 0. The van der Waals surface area contributed by atoms with Crippen molar-refractivity contribution in [2.45, 2.75) is 103 Å². The van der Waals surface area contributed by atoms with Crippen molar-refractivity contribution >= 4 is 0 Å². The molecule has 3 rings (SSSR count). The van der Waals surface area contributed by atoms with Crippen molar-refractivity contribution < 1.29 is 17.9 Å². The Labute approximate surface area is 151 Å². The van der Waals surface area contributed by atoms with Gasteiger partial charge in [0.25, 0.3) is 0 Å². The van der Waals surface area contributed by atoms with Gasteiger partial charge in [0.15, 0.2) is 0 Å². The van der Waals surface area contributed by atoms with Crippen LogP contribution >= 0.6 is 0 Å². The Hall–Kier alpha value is -0.250. The number of ether oxygens (including phenoxy) is 1. The molecule has 146 valence electrons. The minimum absolute atomic E-state index is 0.588. The molecule has 0 saturated heterocycles. The van der Waals surface area contributed by atoms with E-state index in [1.165, 1.54) is 57.8 Å². The first-order valence-electron chi connectivity index (χ1n) is 10.6. The summed E-state index contributed by atoms with van der Waals surface area (Å²) in [6, 6.07) is 0. The van der Waals surface area contributed by atoms with E-state index in [1.54, 1.807) is 0 Å². The lowest BCUT2D eigenvalue weighted by atomic mass is 9.67. The van der Waals surface area contributed by atoms with E-state index in [0.29, 0.717) is 18.8 Å². The molecule has 4 heteroatoms. The second-order valence-corrected chi connectivity index (χ2v) is 9.15. The Morgan fingerprint density at radius 1 is 0.600 bits per heavy atom. The van der Waals surface area contributed by atoms with Crippen LogP contribution in [0.15, 0.2) is 0 Å². The molecule has 3 aliphatic rings. The second kappa shape index (κ2) is 8.63. The third kappa shape index (κ3) is 5.87. The van der Waals surface area contributed by atoms with Gasteiger partial charge in [0.2, 0.25) is 0 Å². The van der Waals surface area contributed by atoms with Gasteiger partial charge in [0.05, 0.1) is 6.10 Å². The van der Waals surface area contributed by atoms with Gasteiger partial charge in [0.1, 0.15) is 0 Å². The molecule has 2 unspecified atom stereocenters. The van der Waals surface area contributed by atoms with E-state index < -0.39 is 12.5 Å². The number of alkyl halides is 3. The molecular formula is C21H35F3O. The van der Waals surface area contributed by atoms with Gasteiger partial charge in [-0.3, -0.25) is 4.74 Å². The van der Waals surface area contributed by atoms with E-state index in [4.69, 9.17) is 0 Å². The van der Waals surface area contributed by atoms with Crippen molar-refractivity contribution in [1.29, 1.82) is 0 Å². The summed E-state index contributed by atoms with van der Waals surface area (Å²) in [5.41, 5.74) is 0. The predicted molar refractivity (Wildman–Crippen MR) is 94.1 cm³/mol. The molecule has 0 heterocycles. The molecule has 0 aromatic heterocycles. The van der Waals surface area contributed by atoms with Crippen LogP contribution in [0.4, 0.5) is 13.2 Å². The van der Waals surface area contributed by atoms with Gasteiger partial charge in [-0.15, -0.1) is 13.2 Å². The molecule has 1 nitrogen and oxygen atoms in total. The van der Waals surface area contributed by atoms with E-state index in [1.807, 2.05) is 0 Å². The maximum absolute atomic E-state index is 12.3. The Bertz CT molecular complexity index is 392. The normalized spacial score (nSPS) is 41.3. The Morgan fingerprint density at radius 3 is 1.56 bits per heavy atom. The first-order valence-corrected chi connectivity index (χ1v) is 10.6. The van der Waals surface area contributed by atoms with Crippen molar-refractivity contribution in [2.75, 3.05) is 0 Å². The second-order valence-electron chi connectivity index (χ2n) is 9.15. The standard InChI is InChI=1S/C21H35F3O/c1-15-3-2-4-16(6-5-15)17-7-9-18(10-8-17)19-11-13-20(14-12-19)25-21(22,23)24/h15-20H,2-14H2,1H3. The molecule has 0 aromatic rings. The van der Waals surface area contributed by atoms with Crippen LogP contribution in [0.5, 0.6) is 0 Å². The molecular weight excluding hydrogens is 325 g/mol. The minimum Gasteiger partial charge on any atom is -0.289 e. The summed E-state index contributed by atoms with van der Waals surface area (Å²) in [6.07, 6.45) is 10.4. The van der Waals surface area contributed by atoms with Crippen LogP contribution in [0.3, 0.4) is 0 Å². The van der Waals surface area contributed by atoms with Gasteiger partial charge < -0.3 is 0 Å². The highest BCUT2D eigenvalue weighted by atomic mass is 19.4. The number of hydrogen-bond donors (Lipinski definition) is 0. The molecule has 3 saturated carbocycles. The van der Waals surface area contributed by atoms with E-state index in [0.717, 1.165) is 36.5 Å². The van der Waals surface area contributed by atoms with Crippen molar-refractivity contribution in [3.63, 3.8) is 0 Å². The van der Waals surface area contributed by atoms with Gasteiger partial charge in [-0.05, 0) is 87.4 Å². The van der Waals surface area contributed by atoms with E-state index >= 15 is 0 Å². The third-order valence-corrected chi connectivity index (χ3v) is 7.47. The average molecular weight is 361 g/mol. The summed E-state index contributed by atoms with van der Waals surface area (Å²) in [5, 5.41) is 0. The van der Waals surface area contributed by atoms with Crippen molar-refractivity contribution in [3.8, 4) is 0 Å². The highest BCUT2D eigenvalue weighted by molar-refractivity contribution is 4.85. The number of halogens is 3. The van der Waals surface area contributed by atoms with Crippen LogP contribution in [0, 0.1) is 29.6 Å². The summed E-state index contributed by atoms with van der Waals surface area (Å²) < 4.78 is 41.3. The largest absolute Gasteiger partial charge is 0.522 e. The molecule has 0 amide bonds. The quantitative estimate of drug-likeness (QED) is 0.488. The molecule has 0 aliphatic heterocycles. The van der Waals surface area contributed by atoms with E-state index in [9.17, 15) is 13.2 Å². The molecule has 2 atom stereocenters. The summed E-state index contributed by atoms with van der Waals surface area (Å²) in [5.74, 6) is 4.18. The SMILES string of the molecule is CC1CCCC(C2CCC(C3CCC(OC(F)(F)F)CC3)CC2)CC1. The molecule has 0 radical (unpaired) electrons. The topological polar surface area (TPSA) is 9.23 Å². The summed E-state index contributed by atoms with van der Waals surface area (Å²) in [7, 11) is 0. The van der Waals surface area contributed by atoms with Crippen LogP contribution in [0.1, 0.15) is 90.4 Å². The number of rotatable bonds is 3. The molecule has 3 aliphatic carbocycles. The van der Waals surface area contributed by atoms with Crippen LogP contribution in [0.25, 0.3) is 0 Å². The molecule has 0 spiro atoms.